The van der Waals surface area contributed by atoms with Gasteiger partial charge in [-0.25, -0.2) is 15.0 Å². The summed E-state index contributed by atoms with van der Waals surface area (Å²) < 4.78 is 5.61. The van der Waals surface area contributed by atoms with Crippen molar-refractivity contribution in [3.05, 3.63) is 36.4 Å². The van der Waals surface area contributed by atoms with E-state index >= 15 is 0 Å². The summed E-state index contributed by atoms with van der Waals surface area (Å²) in [5, 5.41) is 3.47. The van der Waals surface area contributed by atoms with Crippen LogP contribution in [0.2, 0.25) is 0 Å². The number of oxazole rings is 1. The molecule has 0 amide bonds. The number of aromatic nitrogens is 3. The summed E-state index contributed by atoms with van der Waals surface area (Å²) in [4.78, 5) is 13.4. The number of anilines is 1. The van der Waals surface area contributed by atoms with E-state index in [1.54, 1.807) is 0 Å². The van der Waals surface area contributed by atoms with Gasteiger partial charge in [0.05, 0.1) is 5.69 Å². The van der Waals surface area contributed by atoms with Crippen LogP contribution in [-0.2, 0) is 0 Å². The van der Waals surface area contributed by atoms with Crippen molar-refractivity contribution in [3.8, 4) is 11.3 Å². The fourth-order valence-electron chi connectivity index (χ4n) is 3.22. The zero-order valence-electron chi connectivity index (χ0n) is 13.2. The van der Waals surface area contributed by atoms with Crippen molar-refractivity contribution in [1.29, 1.82) is 0 Å². The van der Waals surface area contributed by atoms with Crippen molar-refractivity contribution in [1.82, 2.24) is 15.0 Å². The largest absolute Gasteiger partial charge is 0.441 e. The van der Waals surface area contributed by atoms with Gasteiger partial charge < -0.3 is 9.73 Å². The lowest BCUT2D eigenvalue weighted by Gasteiger charge is -2.22. The van der Waals surface area contributed by atoms with Crippen LogP contribution in [-0.4, -0.2) is 21.0 Å². The van der Waals surface area contributed by atoms with E-state index in [0.29, 0.717) is 17.9 Å². The normalized spacial score (nSPS) is 15.9. The van der Waals surface area contributed by atoms with Crippen LogP contribution in [0.15, 0.2) is 34.9 Å². The molecule has 1 fully saturated rings. The molecule has 1 aromatic carbocycles. The zero-order valence-corrected chi connectivity index (χ0v) is 13.2. The van der Waals surface area contributed by atoms with Crippen LogP contribution < -0.4 is 5.32 Å². The predicted molar refractivity (Wildman–Crippen MR) is 90.3 cm³/mol. The first-order chi connectivity index (χ1) is 11.3. The zero-order chi connectivity index (χ0) is 15.6. The first-order valence-electron chi connectivity index (χ1n) is 8.25. The van der Waals surface area contributed by atoms with Gasteiger partial charge in [-0.05, 0) is 31.0 Å². The van der Waals surface area contributed by atoms with Gasteiger partial charge in [-0.2, -0.15) is 0 Å². The lowest BCUT2D eigenvalue weighted by Crippen LogP contribution is -2.23. The summed E-state index contributed by atoms with van der Waals surface area (Å²) in [6.07, 6.45) is 8.14. The SMILES string of the molecule is Cc1nc2ccc(-c3ccnc(NC4CCCCC4)n3)cc2o1. The molecule has 2 heterocycles. The molecule has 1 aliphatic carbocycles. The van der Waals surface area contributed by atoms with Crippen molar-refractivity contribution in [2.24, 2.45) is 0 Å². The Balaban J connectivity index is 1.60. The second-order valence-electron chi connectivity index (χ2n) is 6.16. The first-order valence-corrected chi connectivity index (χ1v) is 8.25. The number of fused-ring (bicyclic) bond motifs is 1. The van der Waals surface area contributed by atoms with Crippen molar-refractivity contribution < 1.29 is 4.42 Å². The van der Waals surface area contributed by atoms with Crippen LogP contribution >= 0.6 is 0 Å². The third-order valence-electron chi connectivity index (χ3n) is 4.39. The molecule has 3 aromatic rings. The van der Waals surface area contributed by atoms with E-state index in [0.717, 1.165) is 22.4 Å². The Morgan fingerprint density at radius 1 is 1.09 bits per heavy atom. The molecule has 0 atom stereocenters. The third-order valence-corrected chi connectivity index (χ3v) is 4.39. The Morgan fingerprint density at radius 2 is 1.96 bits per heavy atom. The monoisotopic (exact) mass is 308 g/mol. The summed E-state index contributed by atoms with van der Waals surface area (Å²) in [6, 6.07) is 8.41. The quantitative estimate of drug-likeness (QED) is 0.780. The van der Waals surface area contributed by atoms with E-state index in [-0.39, 0.29) is 0 Å². The minimum absolute atomic E-state index is 0.499. The molecule has 118 valence electrons. The highest BCUT2D eigenvalue weighted by atomic mass is 16.3. The maximum atomic E-state index is 5.61. The van der Waals surface area contributed by atoms with Gasteiger partial charge in [0.15, 0.2) is 11.5 Å². The molecule has 23 heavy (non-hydrogen) atoms. The smallest absolute Gasteiger partial charge is 0.223 e. The average molecular weight is 308 g/mol. The van der Waals surface area contributed by atoms with Gasteiger partial charge in [-0.1, -0.05) is 25.3 Å². The average Bonchev–Trinajstić information content (AvgIpc) is 2.95. The van der Waals surface area contributed by atoms with Gasteiger partial charge in [0.25, 0.3) is 0 Å². The van der Waals surface area contributed by atoms with Gasteiger partial charge in [0.2, 0.25) is 5.95 Å². The molecular weight excluding hydrogens is 288 g/mol. The highest BCUT2D eigenvalue weighted by molar-refractivity contribution is 5.79. The fourth-order valence-corrected chi connectivity index (χ4v) is 3.22. The van der Waals surface area contributed by atoms with E-state index in [1.165, 1.54) is 32.1 Å². The Hall–Kier alpha value is -2.43. The molecule has 5 heteroatoms. The van der Waals surface area contributed by atoms with E-state index in [1.807, 2.05) is 37.4 Å². The summed E-state index contributed by atoms with van der Waals surface area (Å²) in [6.45, 7) is 1.86. The molecule has 0 bridgehead atoms. The minimum atomic E-state index is 0.499. The first kappa shape index (κ1) is 14.2. The highest BCUT2D eigenvalue weighted by Gasteiger charge is 2.14. The lowest BCUT2D eigenvalue weighted by atomic mass is 9.96. The minimum Gasteiger partial charge on any atom is -0.441 e. The molecule has 0 radical (unpaired) electrons. The van der Waals surface area contributed by atoms with Crippen molar-refractivity contribution in [2.45, 2.75) is 45.1 Å². The molecule has 4 rings (SSSR count). The predicted octanol–water partition coefficient (Wildman–Crippen LogP) is 4.34. The highest BCUT2D eigenvalue weighted by Crippen LogP contribution is 2.25. The van der Waals surface area contributed by atoms with E-state index < -0.39 is 0 Å². The second kappa shape index (κ2) is 5.99. The number of hydrogen-bond acceptors (Lipinski definition) is 5. The summed E-state index contributed by atoms with van der Waals surface area (Å²) in [7, 11) is 0. The van der Waals surface area contributed by atoms with Gasteiger partial charge in [0.1, 0.15) is 5.52 Å². The third kappa shape index (κ3) is 3.04. The Kier molecular flexibility index (Phi) is 3.69. The van der Waals surface area contributed by atoms with Crippen LogP contribution in [0.1, 0.15) is 38.0 Å². The topological polar surface area (TPSA) is 63.8 Å². The van der Waals surface area contributed by atoms with Crippen LogP contribution in [0.25, 0.3) is 22.4 Å². The van der Waals surface area contributed by atoms with Gasteiger partial charge in [-0.3, -0.25) is 0 Å². The van der Waals surface area contributed by atoms with Crippen LogP contribution in [0.5, 0.6) is 0 Å². The summed E-state index contributed by atoms with van der Waals surface area (Å²) in [5.74, 6) is 1.39. The van der Waals surface area contributed by atoms with Crippen LogP contribution in [0.3, 0.4) is 0 Å². The molecule has 0 spiro atoms. The van der Waals surface area contributed by atoms with Crippen LogP contribution in [0, 0.1) is 6.92 Å². The maximum absolute atomic E-state index is 5.61. The molecule has 0 saturated heterocycles. The van der Waals surface area contributed by atoms with E-state index in [4.69, 9.17) is 4.42 Å². The Bertz CT molecular complexity index is 821. The number of hydrogen-bond donors (Lipinski definition) is 1. The van der Waals surface area contributed by atoms with Crippen molar-refractivity contribution >= 4 is 17.0 Å². The molecule has 1 N–H and O–H groups in total. The van der Waals surface area contributed by atoms with Gasteiger partial charge in [-0.15, -0.1) is 0 Å². The fraction of sp³-hybridized carbons (Fsp3) is 0.389. The molecule has 0 aliphatic heterocycles. The van der Waals surface area contributed by atoms with Gasteiger partial charge >= 0.3 is 0 Å². The van der Waals surface area contributed by atoms with Crippen molar-refractivity contribution in [3.63, 3.8) is 0 Å². The number of benzene rings is 1. The molecule has 2 aromatic heterocycles. The second-order valence-corrected chi connectivity index (χ2v) is 6.16. The lowest BCUT2D eigenvalue weighted by molar-refractivity contribution is 0.461. The maximum Gasteiger partial charge on any atom is 0.223 e. The molecule has 1 aliphatic rings. The van der Waals surface area contributed by atoms with Crippen molar-refractivity contribution in [2.75, 3.05) is 5.32 Å². The number of rotatable bonds is 3. The van der Waals surface area contributed by atoms with E-state index in [9.17, 15) is 0 Å². The molecule has 1 saturated carbocycles. The summed E-state index contributed by atoms with van der Waals surface area (Å²) >= 11 is 0. The number of nitrogens with one attached hydrogen (secondary N) is 1. The molecule has 0 unspecified atom stereocenters. The summed E-state index contributed by atoms with van der Waals surface area (Å²) in [5.41, 5.74) is 3.58. The van der Waals surface area contributed by atoms with Gasteiger partial charge in [0, 0.05) is 24.7 Å². The Morgan fingerprint density at radius 3 is 2.83 bits per heavy atom. The molecular formula is C18H20N4O. The van der Waals surface area contributed by atoms with Crippen LogP contribution in [0.4, 0.5) is 5.95 Å². The number of nitrogens with zero attached hydrogens (tertiary/aromatic N) is 3. The Labute approximate surface area is 135 Å². The molecule has 5 nitrogen and oxygen atoms in total. The van der Waals surface area contributed by atoms with E-state index in [2.05, 4.69) is 20.3 Å². The standard InChI is InChI=1S/C18H20N4O/c1-12-20-16-8-7-13(11-17(16)23-12)15-9-10-19-18(22-15)21-14-5-3-2-4-6-14/h7-11,14H,2-6H2,1H3,(H,19,21,22). The number of aryl methyl sites for hydroxylation is 1.